The maximum atomic E-state index is 12.7. The summed E-state index contributed by atoms with van der Waals surface area (Å²) in [5.74, 6) is -1.03. The van der Waals surface area contributed by atoms with Crippen molar-refractivity contribution in [1.82, 2.24) is 9.97 Å². The van der Waals surface area contributed by atoms with E-state index in [0.717, 1.165) is 61.7 Å². The van der Waals surface area contributed by atoms with Gasteiger partial charge >= 0.3 is 5.97 Å². The SMILES string of the molecule is CCCN(c1ccc(-c2cc(-c3nc4cc(C)c(C(OC(C)(C)C)C(=O)O)c(-c5ccc(Cl)cc5)c4s3)ccn2)cc1C)C1CC1. The first-order valence-corrected chi connectivity index (χ1v) is 17.1. The van der Waals surface area contributed by atoms with E-state index in [1.165, 1.54) is 24.1 Å². The molecule has 1 aliphatic rings. The maximum absolute atomic E-state index is 12.7. The molecule has 2 aromatic heterocycles. The second-order valence-corrected chi connectivity index (χ2v) is 14.6. The number of hydrogen-bond donors (Lipinski definition) is 1. The van der Waals surface area contributed by atoms with E-state index in [1.54, 1.807) is 11.3 Å². The number of pyridine rings is 1. The number of aromatic nitrogens is 2. The van der Waals surface area contributed by atoms with Gasteiger partial charge in [0.1, 0.15) is 5.01 Å². The molecule has 0 spiro atoms. The molecular weight excluding hydrogens is 614 g/mol. The van der Waals surface area contributed by atoms with Crippen molar-refractivity contribution in [2.24, 2.45) is 0 Å². The number of fused-ring (bicyclic) bond motifs is 1. The van der Waals surface area contributed by atoms with Crippen LogP contribution < -0.4 is 4.90 Å². The van der Waals surface area contributed by atoms with Gasteiger partial charge in [0, 0.05) is 51.7 Å². The van der Waals surface area contributed by atoms with Gasteiger partial charge in [-0.15, -0.1) is 11.3 Å². The largest absolute Gasteiger partial charge is 0.479 e. The van der Waals surface area contributed by atoms with Crippen LogP contribution in [0.4, 0.5) is 5.69 Å². The average molecular weight is 654 g/mol. The Morgan fingerprint density at radius 3 is 2.37 bits per heavy atom. The summed E-state index contributed by atoms with van der Waals surface area (Å²) >= 11 is 7.81. The number of aliphatic carboxylic acids is 1. The summed E-state index contributed by atoms with van der Waals surface area (Å²) in [7, 11) is 0. The first kappa shape index (κ1) is 32.2. The van der Waals surface area contributed by atoms with E-state index >= 15 is 0 Å². The minimum absolute atomic E-state index is 0.609. The summed E-state index contributed by atoms with van der Waals surface area (Å²) in [6.07, 6.45) is 4.35. The Morgan fingerprint density at radius 2 is 1.74 bits per heavy atom. The third-order valence-corrected chi connectivity index (χ3v) is 9.67. The highest BCUT2D eigenvalue weighted by Gasteiger charge is 2.33. The first-order valence-electron chi connectivity index (χ1n) is 15.9. The fourth-order valence-corrected chi connectivity index (χ4v) is 7.39. The predicted molar refractivity (Wildman–Crippen MR) is 190 cm³/mol. The summed E-state index contributed by atoms with van der Waals surface area (Å²) in [6.45, 7) is 13.0. The van der Waals surface area contributed by atoms with Gasteiger partial charge < -0.3 is 14.7 Å². The molecule has 238 valence electrons. The molecule has 8 heteroatoms. The van der Waals surface area contributed by atoms with Crippen molar-refractivity contribution in [2.75, 3.05) is 11.4 Å². The van der Waals surface area contributed by atoms with Gasteiger partial charge in [-0.05, 0) is 113 Å². The zero-order chi connectivity index (χ0) is 32.7. The molecule has 0 saturated heterocycles. The quantitative estimate of drug-likeness (QED) is 0.162. The van der Waals surface area contributed by atoms with Crippen LogP contribution in [-0.4, -0.2) is 39.2 Å². The fraction of sp³-hybridized carbons (Fsp3) is 0.342. The van der Waals surface area contributed by atoms with Gasteiger partial charge in [-0.2, -0.15) is 0 Å². The highest BCUT2D eigenvalue weighted by atomic mass is 35.5. The molecule has 46 heavy (non-hydrogen) atoms. The van der Waals surface area contributed by atoms with Crippen molar-refractivity contribution in [3.63, 3.8) is 0 Å². The van der Waals surface area contributed by atoms with E-state index < -0.39 is 17.7 Å². The summed E-state index contributed by atoms with van der Waals surface area (Å²) in [5.41, 5.74) is 8.72. The van der Waals surface area contributed by atoms with Gasteiger partial charge in [0.25, 0.3) is 0 Å². The zero-order valence-electron chi connectivity index (χ0n) is 27.2. The van der Waals surface area contributed by atoms with Crippen LogP contribution in [0.25, 0.3) is 43.2 Å². The second-order valence-electron chi connectivity index (χ2n) is 13.2. The standard InChI is InChI=1S/C38H40ClN3O3S/c1-7-18-42(28-13-14-28)31-15-10-25(19-22(31)2)29-21-26(16-17-40-29)36-41-30-20-23(3)32(34(37(43)44)45-38(4,5)6)33(35(30)46-36)24-8-11-27(39)12-9-24/h8-12,15-17,19-21,28,34H,7,13-14,18H2,1-6H3,(H,43,44). The highest BCUT2D eigenvalue weighted by Crippen LogP contribution is 2.45. The van der Waals surface area contributed by atoms with Crippen molar-refractivity contribution in [3.8, 4) is 33.0 Å². The molecule has 6 nitrogen and oxygen atoms in total. The number of thiazole rings is 1. The molecule has 5 aromatic rings. The van der Waals surface area contributed by atoms with Gasteiger partial charge in [0.05, 0.1) is 21.5 Å². The molecule has 1 aliphatic carbocycles. The van der Waals surface area contributed by atoms with Gasteiger partial charge in [-0.25, -0.2) is 9.78 Å². The normalized spacial score (nSPS) is 14.1. The number of halogens is 1. The smallest absolute Gasteiger partial charge is 0.337 e. The second kappa shape index (κ2) is 12.8. The lowest BCUT2D eigenvalue weighted by atomic mass is 9.91. The van der Waals surface area contributed by atoms with Crippen molar-refractivity contribution in [3.05, 3.63) is 88.6 Å². The summed E-state index contributed by atoms with van der Waals surface area (Å²) in [6, 6.07) is 20.9. The van der Waals surface area contributed by atoms with Crippen LogP contribution in [0, 0.1) is 13.8 Å². The number of carboxylic acids is 1. The highest BCUT2D eigenvalue weighted by molar-refractivity contribution is 7.22. The van der Waals surface area contributed by atoms with Gasteiger partial charge in [-0.1, -0.05) is 36.7 Å². The summed E-state index contributed by atoms with van der Waals surface area (Å²) in [5, 5.41) is 11.8. The van der Waals surface area contributed by atoms with E-state index in [-0.39, 0.29) is 0 Å². The van der Waals surface area contributed by atoms with Gasteiger partial charge in [0.15, 0.2) is 6.10 Å². The number of benzene rings is 3. The number of rotatable bonds is 10. The molecule has 2 heterocycles. The Balaban J connectivity index is 1.45. The van der Waals surface area contributed by atoms with Crippen LogP contribution in [0.3, 0.4) is 0 Å². The zero-order valence-corrected chi connectivity index (χ0v) is 28.8. The Morgan fingerprint density at radius 1 is 1.02 bits per heavy atom. The fourth-order valence-electron chi connectivity index (χ4n) is 6.15. The van der Waals surface area contributed by atoms with Crippen LogP contribution in [0.5, 0.6) is 0 Å². The third-order valence-electron chi connectivity index (χ3n) is 8.28. The number of carbonyl (C=O) groups is 1. The lowest BCUT2D eigenvalue weighted by Crippen LogP contribution is -2.28. The van der Waals surface area contributed by atoms with E-state index in [2.05, 4.69) is 43.0 Å². The maximum Gasteiger partial charge on any atom is 0.337 e. The van der Waals surface area contributed by atoms with E-state index in [4.69, 9.17) is 26.3 Å². The molecule has 0 bridgehead atoms. The van der Waals surface area contributed by atoms with Crippen LogP contribution in [0.1, 0.15) is 69.8 Å². The molecule has 1 saturated carbocycles. The molecule has 1 N–H and O–H groups in total. The molecule has 1 fully saturated rings. The molecule has 0 aliphatic heterocycles. The number of carboxylic acid groups (broad SMARTS) is 1. The molecule has 0 amide bonds. The molecule has 6 rings (SSSR count). The Bertz CT molecular complexity index is 1910. The lowest BCUT2D eigenvalue weighted by molar-refractivity contribution is -0.160. The van der Waals surface area contributed by atoms with Crippen molar-refractivity contribution in [2.45, 2.75) is 78.6 Å². The number of anilines is 1. The minimum Gasteiger partial charge on any atom is -0.479 e. The molecule has 0 radical (unpaired) electrons. The lowest BCUT2D eigenvalue weighted by Gasteiger charge is -2.28. The molecular formula is C38H40ClN3O3S. The van der Waals surface area contributed by atoms with Crippen LogP contribution >= 0.6 is 22.9 Å². The Hall–Kier alpha value is -3.78. The number of aryl methyl sites for hydroxylation is 2. The van der Waals surface area contributed by atoms with E-state index in [1.807, 2.05) is 70.3 Å². The first-order chi connectivity index (χ1) is 21.9. The summed E-state index contributed by atoms with van der Waals surface area (Å²) in [4.78, 5) is 25.1. The van der Waals surface area contributed by atoms with Crippen LogP contribution in [0.2, 0.25) is 5.02 Å². The van der Waals surface area contributed by atoms with Crippen molar-refractivity contribution in [1.29, 1.82) is 0 Å². The molecule has 1 unspecified atom stereocenters. The topological polar surface area (TPSA) is 75.6 Å². The molecule has 3 aromatic carbocycles. The number of hydrogen-bond acceptors (Lipinski definition) is 6. The Kier molecular flexibility index (Phi) is 8.94. The number of ether oxygens (including phenoxy) is 1. The minimum atomic E-state index is -1.16. The van der Waals surface area contributed by atoms with E-state index in [0.29, 0.717) is 16.6 Å². The summed E-state index contributed by atoms with van der Waals surface area (Å²) < 4.78 is 7.07. The van der Waals surface area contributed by atoms with Crippen LogP contribution in [0.15, 0.2) is 66.9 Å². The number of nitrogens with zero attached hydrogens (tertiary/aromatic N) is 3. The van der Waals surface area contributed by atoms with Crippen molar-refractivity contribution < 1.29 is 14.6 Å². The van der Waals surface area contributed by atoms with Gasteiger partial charge in [0.2, 0.25) is 0 Å². The van der Waals surface area contributed by atoms with E-state index in [9.17, 15) is 9.90 Å². The predicted octanol–water partition coefficient (Wildman–Crippen LogP) is 10.3. The molecule has 1 atom stereocenters. The van der Waals surface area contributed by atoms with Crippen LogP contribution in [-0.2, 0) is 9.53 Å². The van der Waals surface area contributed by atoms with Crippen molar-refractivity contribution >= 4 is 44.8 Å². The average Bonchev–Trinajstić information content (AvgIpc) is 3.77. The third kappa shape index (κ3) is 6.68. The Labute approximate surface area is 280 Å². The monoisotopic (exact) mass is 653 g/mol. The van der Waals surface area contributed by atoms with Gasteiger partial charge in [-0.3, -0.25) is 4.98 Å².